The average molecular weight is 401 g/mol. The number of aryl methyl sites for hydroxylation is 1. The molecule has 150 valence electrons. The lowest BCUT2D eigenvalue weighted by Gasteiger charge is -2.29. The molecule has 2 amide bonds. The van der Waals surface area contributed by atoms with Crippen molar-refractivity contribution in [3.63, 3.8) is 0 Å². The summed E-state index contributed by atoms with van der Waals surface area (Å²) in [6, 6.07) is 14.7. The first kappa shape index (κ1) is 22.0. The molecule has 0 fully saturated rings. The SMILES string of the molecule is Cc1cccc(CN(C(=O)Cc2ccccc2Cl)[C@H](C)C(=O)NCC(C)C)c1. The zero-order chi connectivity index (χ0) is 20.7. The van der Waals surface area contributed by atoms with Crippen LogP contribution >= 0.6 is 11.6 Å². The predicted octanol–water partition coefficient (Wildman–Crippen LogP) is 4.38. The number of benzene rings is 2. The molecule has 0 aromatic heterocycles. The molecule has 1 N–H and O–H groups in total. The van der Waals surface area contributed by atoms with Gasteiger partial charge in [-0.15, -0.1) is 0 Å². The monoisotopic (exact) mass is 400 g/mol. The number of amides is 2. The van der Waals surface area contributed by atoms with Crippen molar-refractivity contribution in [1.82, 2.24) is 10.2 Å². The van der Waals surface area contributed by atoms with Gasteiger partial charge in [0.05, 0.1) is 6.42 Å². The molecule has 0 radical (unpaired) electrons. The van der Waals surface area contributed by atoms with Crippen LogP contribution in [0.5, 0.6) is 0 Å². The number of hydrogen-bond acceptors (Lipinski definition) is 2. The van der Waals surface area contributed by atoms with Crippen molar-refractivity contribution in [3.05, 3.63) is 70.2 Å². The molecule has 0 spiro atoms. The summed E-state index contributed by atoms with van der Waals surface area (Å²) >= 11 is 6.23. The Hall–Kier alpha value is -2.33. The van der Waals surface area contributed by atoms with E-state index in [0.29, 0.717) is 24.0 Å². The van der Waals surface area contributed by atoms with Crippen LogP contribution < -0.4 is 5.32 Å². The summed E-state index contributed by atoms with van der Waals surface area (Å²) in [6.45, 7) is 8.82. The van der Waals surface area contributed by atoms with Gasteiger partial charge in [-0.25, -0.2) is 0 Å². The molecule has 0 aliphatic carbocycles. The quantitative estimate of drug-likeness (QED) is 0.714. The van der Waals surface area contributed by atoms with Crippen molar-refractivity contribution in [2.75, 3.05) is 6.54 Å². The van der Waals surface area contributed by atoms with Gasteiger partial charge in [-0.1, -0.05) is 73.5 Å². The van der Waals surface area contributed by atoms with E-state index < -0.39 is 6.04 Å². The summed E-state index contributed by atoms with van der Waals surface area (Å²) in [5.74, 6) is 0.0795. The van der Waals surface area contributed by atoms with Crippen molar-refractivity contribution in [2.24, 2.45) is 5.92 Å². The molecule has 2 aromatic carbocycles. The van der Waals surface area contributed by atoms with Crippen LogP contribution in [0.25, 0.3) is 0 Å². The van der Waals surface area contributed by atoms with E-state index >= 15 is 0 Å². The van der Waals surface area contributed by atoms with E-state index in [4.69, 9.17) is 11.6 Å². The number of nitrogens with zero attached hydrogens (tertiary/aromatic N) is 1. The lowest BCUT2D eigenvalue weighted by atomic mass is 10.1. The van der Waals surface area contributed by atoms with Crippen LogP contribution in [0.4, 0.5) is 0 Å². The van der Waals surface area contributed by atoms with Gasteiger partial charge in [0.2, 0.25) is 11.8 Å². The van der Waals surface area contributed by atoms with E-state index in [2.05, 4.69) is 5.32 Å². The topological polar surface area (TPSA) is 49.4 Å². The van der Waals surface area contributed by atoms with E-state index in [0.717, 1.165) is 16.7 Å². The van der Waals surface area contributed by atoms with Gasteiger partial charge in [0.15, 0.2) is 0 Å². The molecule has 4 nitrogen and oxygen atoms in total. The Bertz CT molecular complexity index is 820. The zero-order valence-electron chi connectivity index (χ0n) is 17.0. The molecule has 28 heavy (non-hydrogen) atoms. The summed E-state index contributed by atoms with van der Waals surface area (Å²) < 4.78 is 0. The van der Waals surface area contributed by atoms with Gasteiger partial charge in [-0.05, 0) is 37.0 Å². The molecule has 0 bridgehead atoms. The Labute approximate surface area is 172 Å². The Morgan fingerprint density at radius 3 is 2.43 bits per heavy atom. The Balaban J connectivity index is 2.22. The Kier molecular flexibility index (Phi) is 8.06. The first-order valence-corrected chi connectivity index (χ1v) is 10.0. The minimum absolute atomic E-state index is 0.123. The standard InChI is InChI=1S/C23H29ClN2O2/c1-16(2)14-25-23(28)18(4)26(15-19-9-7-8-17(3)12-19)22(27)13-20-10-5-6-11-21(20)24/h5-12,16,18H,13-15H2,1-4H3,(H,25,28)/t18-/m1/s1. The van der Waals surface area contributed by atoms with Crippen molar-refractivity contribution < 1.29 is 9.59 Å². The molecule has 0 aliphatic rings. The first-order chi connectivity index (χ1) is 13.3. The fourth-order valence-corrected chi connectivity index (χ4v) is 3.15. The van der Waals surface area contributed by atoms with Crippen LogP contribution in [-0.4, -0.2) is 29.3 Å². The summed E-state index contributed by atoms with van der Waals surface area (Å²) in [5.41, 5.74) is 2.88. The lowest BCUT2D eigenvalue weighted by Crippen LogP contribution is -2.48. The van der Waals surface area contributed by atoms with Crippen molar-refractivity contribution >= 4 is 23.4 Å². The molecule has 0 heterocycles. The minimum Gasteiger partial charge on any atom is -0.354 e. The fourth-order valence-electron chi connectivity index (χ4n) is 2.95. The highest BCUT2D eigenvalue weighted by Gasteiger charge is 2.26. The third-order valence-electron chi connectivity index (χ3n) is 4.59. The van der Waals surface area contributed by atoms with Crippen LogP contribution in [-0.2, 0) is 22.6 Å². The van der Waals surface area contributed by atoms with Gasteiger partial charge in [0.25, 0.3) is 0 Å². The third-order valence-corrected chi connectivity index (χ3v) is 4.96. The Morgan fingerprint density at radius 1 is 1.07 bits per heavy atom. The number of halogens is 1. The third kappa shape index (κ3) is 6.38. The van der Waals surface area contributed by atoms with Crippen molar-refractivity contribution in [1.29, 1.82) is 0 Å². The maximum absolute atomic E-state index is 13.1. The van der Waals surface area contributed by atoms with Gasteiger partial charge >= 0.3 is 0 Å². The minimum atomic E-state index is -0.575. The summed E-state index contributed by atoms with van der Waals surface area (Å²) in [4.78, 5) is 27.4. The largest absolute Gasteiger partial charge is 0.354 e. The van der Waals surface area contributed by atoms with Crippen LogP contribution in [0.1, 0.15) is 37.5 Å². The molecule has 5 heteroatoms. The van der Waals surface area contributed by atoms with Crippen LogP contribution in [0.2, 0.25) is 5.02 Å². The lowest BCUT2D eigenvalue weighted by molar-refractivity contribution is -0.140. The van der Waals surface area contributed by atoms with Crippen molar-refractivity contribution in [2.45, 2.75) is 46.7 Å². The zero-order valence-corrected chi connectivity index (χ0v) is 17.8. The van der Waals surface area contributed by atoms with E-state index in [1.165, 1.54) is 0 Å². The number of carbonyl (C=O) groups is 2. The normalized spacial score (nSPS) is 11.9. The molecule has 0 saturated carbocycles. The number of hydrogen-bond donors (Lipinski definition) is 1. The highest BCUT2D eigenvalue weighted by atomic mass is 35.5. The van der Waals surface area contributed by atoms with Gasteiger partial charge in [0.1, 0.15) is 6.04 Å². The molecular weight excluding hydrogens is 372 g/mol. The summed E-state index contributed by atoms with van der Waals surface area (Å²) in [5, 5.41) is 3.49. The second-order valence-electron chi connectivity index (χ2n) is 7.59. The van der Waals surface area contributed by atoms with Gasteiger partial charge in [-0.2, -0.15) is 0 Å². The van der Waals surface area contributed by atoms with E-state index in [1.54, 1.807) is 17.9 Å². The van der Waals surface area contributed by atoms with Gasteiger partial charge in [0, 0.05) is 18.1 Å². The highest BCUT2D eigenvalue weighted by Crippen LogP contribution is 2.18. The fraction of sp³-hybridized carbons (Fsp3) is 0.391. The molecule has 0 aliphatic heterocycles. The molecule has 2 rings (SSSR count). The molecule has 0 unspecified atom stereocenters. The van der Waals surface area contributed by atoms with Gasteiger partial charge < -0.3 is 10.2 Å². The first-order valence-electron chi connectivity index (χ1n) is 9.64. The maximum Gasteiger partial charge on any atom is 0.242 e. The highest BCUT2D eigenvalue weighted by molar-refractivity contribution is 6.31. The second-order valence-corrected chi connectivity index (χ2v) is 8.00. The van der Waals surface area contributed by atoms with E-state index in [-0.39, 0.29) is 18.2 Å². The molecule has 1 atom stereocenters. The molecule has 2 aromatic rings. The van der Waals surface area contributed by atoms with Crippen molar-refractivity contribution in [3.8, 4) is 0 Å². The second kappa shape index (κ2) is 10.3. The van der Waals surface area contributed by atoms with E-state index in [9.17, 15) is 9.59 Å². The smallest absolute Gasteiger partial charge is 0.242 e. The number of carbonyl (C=O) groups excluding carboxylic acids is 2. The number of rotatable bonds is 8. The maximum atomic E-state index is 13.1. The molecule has 0 saturated heterocycles. The van der Waals surface area contributed by atoms with Crippen LogP contribution in [0.3, 0.4) is 0 Å². The van der Waals surface area contributed by atoms with Gasteiger partial charge in [-0.3, -0.25) is 9.59 Å². The summed E-state index contributed by atoms with van der Waals surface area (Å²) in [6.07, 6.45) is 0.160. The average Bonchev–Trinajstić information content (AvgIpc) is 2.65. The van der Waals surface area contributed by atoms with E-state index in [1.807, 2.05) is 63.2 Å². The predicted molar refractivity (Wildman–Crippen MR) is 114 cm³/mol. The molecular formula is C23H29ClN2O2. The number of nitrogens with one attached hydrogen (secondary N) is 1. The van der Waals surface area contributed by atoms with Crippen LogP contribution in [0.15, 0.2) is 48.5 Å². The van der Waals surface area contributed by atoms with Crippen LogP contribution in [0, 0.1) is 12.8 Å². The Morgan fingerprint density at radius 2 is 1.79 bits per heavy atom. The summed E-state index contributed by atoms with van der Waals surface area (Å²) in [7, 11) is 0.